The minimum Gasteiger partial charge on any atom is -0.469 e. The third-order valence-electron chi connectivity index (χ3n) is 3.87. The first kappa shape index (κ1) is 17.0. The third-order valence-corrected chi connectivity index (χ3v) is 3.87. The van der Waals surface area contributed by atoms with E-state index in [4.69, 9.17) is 4.42 Å². The number of nitrogens with one attached hydrogen (secondary N) is 1. The standard InChI is InChI=1S/C16H15F3N4O2/c1-8-6-13(11-4-5-25-9(11)2)22-14-12(7-20-23(8)14)15(24)21-10(3)16(17,18)19/h4-7,10H,1-3H3,(H,21,24). The van der Waals surface area contributed by atoms with Crippen LogP contribution in [0.3, 0.4) is 0 Å². The molecule has 25 heavy (non-hydrogen) atoms. The Labute approximate surface area is 140 Å². The molecule has 0 spiro atoms. The summed E-state index contributed by atoms with van der Waals surface area (Å²) in [5, 5.41) is 5.97. The van der Waals surface area contributed by atoms with Crippen molar-refractivity contribution in [2.75, 3.05) is 0 Å². The molecular weight excluding hydrogens is 337 g/mol. The highest BCUT2D eigenvalue weighted by Crippen LogP contribution is 2.25. The molecule has 0 saturated heterocycles. The Morgan fingerprint density at radius 3 is 2.68 bits per heavy atom. The molecule has 3 heterocycles. The molecule has 6 nitrogen and oxygen atoms in total. The molecule has 1 amide bonds. The Hall–Kier alpha value is -2.84. The van der Waals surface area contributed by atoms with Crippen LogP contribution in [0.5, 0.6) is 0 Å². The van der Waals surface area contributed by atoms with Gasteiger partial charge in [-0.3, -0.25) is 4.79 Å². The number of carbonyl (C=O) groups excluding carboxylic acids is 1. The van der Waals surface area contributed by atoms with Crippen LogP contribution >= 0.6 is 0 Å². The van der Waals surface area contributed by atoms with Gasteiger partial charge < -0.3 is 9.73 Å². The van der Waals surface area contributed by atoms with Crippen molar-refractivity contribution in [2.45, 2.75) is 33.0 Å². The zero-order valence-corrected chi connectivity index (χ0v) is 13.7. The summed E-state index contributed by atoms with van der Waals surface area (Å²) >= 11 is 0. The minimum absolute atomic E-state index is 0.0257. The lowest BCUT2D eigenvalue weighted by Crippen LogP contribution is -2.43. The molecule has 9 heteroatoms. The van der Waals surface area contributed by atoms with Crippen molar-refractivity contribution in [3.05, 3.63) is 41.6 Å². The Balaban J connectivity index is 2.04. The van der Waals surface area contributed by atoms with E-state index in [1.807, 2.05) is 5.32 Å². The van der Waals surface area contributed by atoms with Crippen LogP contribution in [0.2, 0.25) is 0 Å². The average Bonchev–Trinajstić information content (AvgIpc) is 3.12. The second-order valence-electron chi connectivity index (χ2n) is 5.70. The number of hydrogen-bond acceptors (Lipinski definition) is 4. The first-order chi connectivity index (χ1) is 11.7. The van der Waals surface area contributed by atoms with Crippen LogP contribution in [-0.2, 0) is 0 Å². The molecule has 1 unspecified atom stereocenters. The average molecular weight is 352 g/mol. The smallest absolute Gasteiger partial charge is 0.408 e. The molecule has 0 fully saturated rings. The number of nitrogens with zero attached hydrogens (tertiary/aromatic N) is 3. The predicted molar refractivity (Wildman–Crippen MR) is 83.1 cm³/mol. The maximum absolute atomic E-state index is 12.7. The molecule has 0 saturated carbocycles. The summed E-state index contributed by atoms with van der Waals surface area (Å²) < 4.78 is 44.6. The molecule has 0 aliphatic carbocycles. The Morgan fingerprint density at radius 1 is 1.36 bits per heavy atom. The van der Waals surface area contributed by atoms with E-state index in [1.165, 1.54) is 17.0 Å². The van der Waals surface area contributed by atoms with Gasteiger partial charge in [-0.05, 0) is 32.9 Å². The number of rotatable bonds is 3. The van der Waals surface area contributed by atoms with Gasteiger partial charge in [-0.25, -0.2) is 9.50 Å². The van der Waals surface area contributed by atoms with Gasteiger partial charge in [0.15, 0.2) is 5.65 Å². The predicted octanol–water partition coefficient (Wildman–Crippen LogP) is 3.29. The Morgan fingerprint density at radius 2 is 2.08 bits per heavy atom. The lowest BCUT2D eigenvalue weighted by Gasteiger charge is -2.16. The molecule has 0 radical (unpaired) electrons. The minimum atomic E-state index is -4.53. The highest BCUT2D eigenvalue weighted by atomic mass is 19.4. The maximum Gasteiger partial charge on any atom is 0.408 e. The summed E-state index contributed by atoms with van der Waals surface area (Å²) in [5.41, 5.74) is 2.13. The summed E-state index contributed by atoms with van der Waals surface area (Å²) in [6.45, 7) is 4.41. The summed E-state index contributed by atoms with van der Waals surface area (Å²) in [7, 11) is 0. The van der Waals surface area contributed by atoms with Gasteiger partial charge in [0, 0.05) is 11.3 Å². The van der Waals surface area contributed by atoms with Gasteiger partial charge in [-0.2, -0.15) is 18.3 Å². The van der Waals surface area contributed by atoms with Crippen molar-refractivity contribution in [2.24, 2.45) is 0 Å². The van der Waals surface area contributed by atoms with Gasteiger partial charge in [0.1, 0.15) is 17.4 Å². The molecule has 3 rings (SSSR count). The quantitative estimate of drug-likeness (QED) is 0.785. The molecule has 0 aromatic carbocycles. The molecule has 132 valence electrons. The van der Waals surface area contributed by atoms with Crippen molar-refractivity contribution in [1.82, 2.24) is 19.9 Å². The van der Waals surface area contributed by atoms with Gasteiger partial charge in [-0.15, -0.1) is 0 Å². The maximum atomic E-state index is 12.7. The van der Waals surface area contributed by atoms with Crippen LogP contribution in [0, 0.1) is 13.8 Å². The molecule has 0 bridgehead atoms. The van der Waals surface area contributed by atoms with E-state index in [9.17, 15) is 18.0 Å². The van der Waals surface area contributed by atoms with Crippen molar-refractivity contribution >= 4 is 11.6 Å². The normalized spacial score (nSPS) is 13.2. The number of alkyl halides is 3. The zero-order valence-electron chi connectivity index (χ0n) is 13.7. The fourth-order valence-corrected chi connectivity index (χ4v) is 2.42. The number of aryl methyl sites for hydroxylation is 2. The van der Waals surface area contributed by atoms with E-state index in [0.29, 0.717) is 17.1 Å². The lowest BCUT2D eigenvalue weighted by atomic mass is 10.1. The molecule has 1 N–H and O–H groups in total. The molecule has 3 aromatic heterocycles. The molecule has 0 aliphatic rings. The topological polar surface area (TPSA) is 72.4 Å². The SMILES string of the molecule is Cc1occc1-c1cc(C)n2ncc(C(=O)NC(C)C(F)(F)F)c2n1. The van der Waals surface area contributed by atoms with E-state index in [1.54, 1.807) is 26.0 Å². The van der Waals surface area contributed by atoms with Crippen molar-refractivity contribution < 1.29 is 22.4 Å². The molecule has 1 atom stereocenters. The van der Waals surface area contributed by atoms with Crippen LogP contribution in [0.25, 0.3) is 16.9 Å². The summed E-state index contributed by atoms with van der Waals surface area (Å²) in [6, 6.07) is 1.52. The highest BCUT2D eigenvalue weighted by molar-refractivity contribution is 6.00. The summed E-state index contributed by atoms with van der Waals surface area (Å²) in [5.74, 6) is -0.236. The van der Waals surface area contributed by atoms with E-state index < -0.39 is 18.1 Å². The number of amides is 1. The van der Waals surface area contributed by atoms with E-state index in [0.717, 1.165) is 12.5 Å². The highest BCUT2D eigenvalue weighted by Gasteiger charge is 2.37. The summed E-state index contributed by atoms with van der Waals surface area (Å²) in [6.07, 6.45) is -1.80. The largest absolute Gasteiger partial charge is 0.469 e. The van der Waals surface area contributed by atoms with Crippen molar-refractivity contribution in [3.63, 3.8) is 0 Å². The second kappa shape index (κ2) is 5.91. The molecular formula is C16H15F3N4O2. The Bertz CT molecular complexity index is 943. The van der Waals surface area contributed by atoms with Crippen LogP contribution in [-0.4, -0.2) is 32.7 Å². The first-order valence-corrected chi connectivity index (χ1v) is 7.46. The van der Waals surface area contributed by atoms with Crippen LogP contribution in [0.1, 0.15) is 28.7 Å². The van der Waals surface area contributed by atoms with Crippen molar-refractivity contribution in [1.29, 1.82) is 0 Å². The monoisotopic (exact) mass is 352 g/mol. The van der Waals surface area contributed by atoms with E-state index >= 15 is 0 Å². The first-order valence-electron chi connectivity index (χ1n) is 7.46. The third kappa shape index (κ3) is 3.09. The number of carbonyl (C=O) groups is 1. The lowest BCUT2D eigenvalue weighted by molar-refractivity contribution is -0.149. The Kier molecular flexibility index (Phi) is 4.02. The fraction of sp³-hybridized carbons (Fsp3) is 0.312. The number of hydrogen-bond donors (Lipinski definition) is 1. The number of aromatic nitrogens is 3. The van der Waals surface area contributed by atoms with Gasteiger partial charge >= 0.3 is 6.18 Å². The van der Waals surface area contributed by atoms with E-state index in [-0.39, 0.29) is 11.2 Å². The van der Waals surface area contributed by atoms with Gasteiger partial charge in [-0.1, -0.05) is 0 Å². The van der Waals surface area contributed by atoms with Crippen LogP contribution in [0.15, 0.2) is 29.0 Å². The zero-order chi connectivity index (χ0) is 18.4. The van der Waals surface area contributed by atoms with E-state index in [2.05, 4.69) is 10.1 Å². The van der Waals surface area contributed by atoms with Gasteiger partial charge in [0.2, 0.25) is 0 Å². The van der Waals surface area contributed by atoms with Crippen LogP contribution in [0.4, 0.5) is 13.2 Å². The fourth-order valence-electron chi connectivity index (χ4n) is 2.42. The van der Waals surface area contributed by atoms with Crippen molar-refractivity contribution in [3.8, 4) is 11.3 Å². The van der Waals surface area contributed by atoms with Crippen LogP contribution < -0.4 is 5.32 Å². The molecule has 0 aliphatic heterocycles. The second-order valence-corrected chi connectivity index (χ2v) is 5.70. The molecule has 3 aromatic rings. The summed E-state index contributed by atoms with van der Waals surface area (Å²) in [4.78, 5) is 16.6. The number of fused-ring (bicyclic) bond motifs is 1. The van der Waals surface area contributed by atoms with Gasteiger partial charge in [0.25, 0.3) is 5.91 Å². The van der Waals surface area contributed by atoms with Gasteiger partial charge in [0.05, 0.1) is 18.2 Å². The number of halogens is 3. The number of furan rings is 1.